The van der Waals surface area contributed by atoms with Crippen molar-refractivity contribution in [3.63, 3.8) is 0 Å². The molecule has 3 rings (SSSR count). The molecule has 0 saturated carbocycles. The van der Waals surface area contributed by atoms with E-state index in [-0.39, 0.29) is 29.5 Å². The smallest absolute Gasteiger partial charge is 0.387 e. The number of hydrogen-bond acceptors (Lipinski definition) is 5. The fraction of sp³-hybridized carbons (Fsp3) is 0.143. The Morgan fingerprint density at radius 2 is 2.00 bits per heavy atom. The summed E-state index contributed by atoms with van der Waals surface area (Å²) in [6.07, 6.45) is 1.59. The molecule has 0 saturated heterocycles. The number of benzene rings is 2. The molecule has 0 bridgehead atoms. The lowest BCUT2D eigenvalue weighted by Gasteiger charge is -2.19. The number of nitrogens with zero attached hydrogens (tertiary/aromatic N) is 2. The van der Waals surface area contributed by atoms with Crippen LogP contribution in [0, 0.1) is 0 Å². The van der Waals surface area contributed by atoms with Gasteiger partial charge >= 0.3 is 6.61 Å². The Morgan fingerprint density at radius 3 is 2.66 bits per heavy atom. The van der Waals surface area contributed by atoms with Gasteiger partial charge in [0, 0.05) is 23.1 Å². The van der Waals surface area contributed by atoms with Crippen LogP contribution < -0.4 is 14.4 Å². The van der Waals surface area contributed by atoms with E-state index in [0.717, 1.165) is 11.3 Å². The maximum absolute atomic E-state index is 13.1. The first-order valence-electron chi connectivity index (χ1n) is 8.60. The fourth-order valence-electron chi connectivity index (χ4n) is 2.66. The van der Waals surface area contributed by atoms with Crippen LogP contribution in [0.3, 0.4) is 0 Å². The molecule has 8 heteroatoms. The first-order chi connectivity index (χ1) is 14.0. The summed E-state index contributed by atoms with van der Waals surface area (Å²) in [4.78, 5) is 19.1. The fourth-order valence-corrected chi connectivity index (χ4v) is 3.50. The predicted molar refractivity (Wildman–Crippen MR) is 109 cm³/mol. The number of methoxy groups -OCH3 is 1. The van der Waals surface area contributed by atoms with Gasteiger partial charge in [-0.3, -0.25) is 9.69 Å². The molecule has 2 aromatic carbocycles. The standard InChI is InChI=1S/C21H18F2N2O3S/c1-3-11-25(21-24-16(13-29-21)14-7-5-4-6-8-14)19(26)15-9-10-17(28-20(22)23)18(12-15)27-2/h3-10,12-13,20H,1,11H2,2H3. The highest BCUT2D eigenvalue weighted by molar-refractivity contribution is 7.14. The molecule has 0 aliphatic heterocycles. The molecular weight excluding hydrogens is 398 g/mol. The SMILES string of the molecule is C=CCN(C(=O)c1ccc(OC(F)F)c(OC)c1)c1nc(-c2ccccc2)cs1. The van der Waals surface area contributed by atoms with Gasteiger partial charge in [-0.25, -0.2) is 4.98 Å². The molecule has 0 atom stereocenters. The van der Waals surface area contributed by atoms with E-state index in [9.17, 15) is 13.6 Å². The minimum absolute atomic E-state index is 0.0406. The van der Waals surface area contributed by atoms with Crippen molar-refractivity contribution in [2.45, 2.75) is 6.61 Å². The Balaban J connectivity index is 1.90. The van der Waals surface area contributed by atoms with Crippen LogP contribution in [-0.4, -0.2) is 31.2 Å². The highest BCUT2D eigenvalue weighted by Gasteiger charge is 2.22. The van der Waals surface area contributed by atoms with E-state index in [0.29, 0.717) is 5.13 Å². The monoisotopic (exact) mass is 416 g/mol. The highest BCUT2D eigenvalue weighted by Crippen LogP contribution is 2.32. The minimum Gasteiger partial charge on any atom is -0.493 e. The molecule has 0 N–H and O–H groups in total. The van der Waals surface area contributed by atoms with Crippen molar-refractivity contribution in [1.82, 2.24) is 4.98 Å². The summed E-state index contributed by atoms with van der Waals surface area (Å²) in [5, 5.41) is 2.37. The average molecular weight is 416 g/mol. The number of hydrogen-bond donors (Lipinski definition) is 0. The molecule has 29 heavy (non-hydrogen) atoms. The van der Waals surface area contributed by atoms with Gasteiger partial charge in [-0.05, 0) is 18.2 Å². The maximum atomic E-state index is 13.1. The summed E-state index contributed by atoms with van der Waals surface area (Å²) < 4.78 is 34.5. The number of carbonyl (C=O) groups is 1. The number of alkyl halides is 2. The van der Waals surface area contributed by atoms with Crippen molar-refractivity contribution in [2.24, 2.45) is 0 Å². The van der Waals surface area contributed by atoms with Crippen LogP contribution in [0.25, 0.3) is 11.3 Å². The molecule has 0 radical (unpaired) electrons. The van der Waals surface area contributed by atoms with Crippen LogP contribution in [0.15, 0.2) is 66.6 Å². The zero-order chi connectivity index (χ0) is 20.8. The topological polar surface area (TPSA) is 51.7 Å². The molecule has 1 heterocycles. The number of aromatic nitrogens is 1. The Labute approximate surface area is 170 Å². The number of anilines is 1. The van der Waals surface area contributed by atoms with Gasteiger partial charge in [0.25, 0.3) is 5.91 Å². The van der Waals surface area contributed by atoms with Gasteiger partial charge in [0.2, 0.25) is 0 Å². The van der Waals surface area contributed by atoms with E-state index < -0.39 is 6.61 Å². The van der Waals surface area contributed by atoms with Crippen LogP contribution >= 0.6 is 11.3 Å². The molecular formula is C21H18F2N2O3S. The number of amides is 1. The molecule has 0 aliphatic rings. The second-order valence-electron chi connectivity index (χ2n) is 5.83. The Hall–Kier alpha value is -3.26. The maximum Gasteiger partial charge on any atom is 0.387 e. The summed E-state index contributed by atoms with van der Waals surface area (Å²) in [6, 6.07) is 13.7. The number of rotatable bonds is 8. The molecule has 0 spiro atoms. The first kappa shape index (κ1) is 20.5. The van der Waals surface area contributed by atoms with E-state index in [1.807, 2.05) is 35.7 Å². The van der Waals surface area contributed by atoms with Gasteiger partial charge in [-0.2, -0.15) is 8.78 Å². The van der Waals surface area contributed by atoms with Crippen molar-refractivity contribution in [1.29, 1.82) is 0 Å². The number of carbonyl (C=O) groups excluding carboxylic acids is 1. The lowest BCUT2D eigenvalue weighted by Crippen LogP contribution is -2.31. The van der Waals surface area contributed by atoms with Crippen LogP contribution in [0.4, 0.5) is 13.9 Å². The first-order valence-corrected chi connectivity index (χ1v) is 9.48. The van der Waals surface area contributed by atoms with Crippen LogP contribution in [0.1, 0.15) is 10.4 Å². The van der Waals surface area contributed by atoms with Crippen molar-refractivity contribution in [3.05, 3.63) is 72.1 Å². The molecule has 3 aromatic rings. The highest BCUT2D eigenvalue weighted by atomic mass is 32.1. The lowest BCUT2D eigenvalue weighted by molar-refractivity contribution is -0.0512. The second kappa shape index (κ2) is 9.29. The van der Waals surface area contributed by atoms with Gasteiger partial charge < -0.3 is 9.47 Å². The van der Waals surface area contributed by atoms with E-state index in [2.05, 4.69) is 16.3 Å². The third-order valence-corrected chi connectivity index (χ3v) is 4.84. The summed E-state index contributed by atoms with van der Waals surface area (Å²) >= 11 is 1.33. The molecule has 150 valence electrons. The summed E-state index contributed by atoms with van der Waals surface area (Å²) in [5.74, 6) is -0.463. The van der Waals surface area contributed by atoms with Gasteiger partial charge in [0.15, 0.2) is 16.6 Å². The van der Waals surface area contributed by atoms with Crippen LogP contribution in [-0.2, 0) is 0 Å². The molecule has 1 aromatic heterocycles. The van der Waals surface area contributed by atoms with Gasteiger partial charge in [-0.1, -0.05) is 36.4 Å². The number of ether oxygens (including phenoxy) is 2. The zero-order valence-corrected chi connectivity index (χ0v) is 16.4. The largest absolute Gasteiger partial charge is 0.493 e. The normalized spacial score (nSPS) is 10.6. The number of thiazole rings is 1. The van der Waals surface area contributed by atoms with E-state index in [1.54, 1.807) is 6.08 Å². The third kappa shape index (κ3) is 4.78. The molecule has 1 amide bonds. The van der Waals surface area contributed by atoms with Gasteiger partial charge in [0.1, 0.15) is 0 Å². The van der Waals surface area contributed by atoms with Crippen LogP contribution in [0.5, 0.6) is 11.5 Å². The Morgan fingerprint density at radius 1 is 1.24 bits per heavy atom. The summed E-state index contributed by atoms with van der Waals surface area (Å²) in [6.45, 7) is 0.946. The van der Waals surface area contributed by atoms with E-state index in [1.165, 1.54) is 41.5 Å². The number of halogens is 2. The van der Waals surface area contributed by atoms with E-state index >= 15 is 0 Å². The van der Waals surface area contributed by atoms with Crippen LogP contribution in [0.2, 0.25) is 0 Å². The van der Waals surface area contributed by atoms with Gasteiger partial charge in [-0.15, -0.1) is 17.9 Å². The molecule has 0 fully saturated rings. The average Bonchev–Trinajstić information content (AvgIpc) is 3.22. The Kier molecular flexibility index (Phi) is 6.56. The molecule has 0 aliphatic carbocycles. The summed E-state index contributed by atoms with van der Waals surface area (Å²) in [7, 11) is 1.32. The van der Waals surface area contributed by atoms with Crippen molar-refractivity contribution < 1.29 is 23.0 Å². The quantitative estimate of drug-likeness (QED) is 0.471. The third-order valence-electron chi connectivity index (χ3n) is 3.98. The molecule has 0 unspecified atom stereocenters. The minimum atomic E-state index is -2.99. The predicted octanol–water partition coefficient (Wildman–Crippen LogP) is 5.25. The second-order valence-corrected chi connectivity index (χ2v) is 6.67. The van der Waals surface area contributed by atoms with Crippen molar-refractivity contribution in [3.8, 4) is 22.8 Å². The summed E-state index contributed by atoms with van der Waals surface area (Å²) in [5.41, 5.74) is 1.95. The van der Waals surface area contributed by atoms with E-state index in [4.69, 9.17) is 4.74 Å². The molecule has 5 nitrogen and oxygen atoms in total. The van der Waals surface area contributed by atoms with Crippen molar-refractivity contribution in [2.75, 3.05) is 18.6 Å². The lowest BCUT2D eigenvalue weighted by atomic mass is 10.1. The zero-order valence-electron chi connectivity index (χ0n) is 15.5. The van der Waals surface area contributed by atoms with Crippen molar-refractivity contribution >= 4 is 22.4 Å². The van der Waals surface area contributed by atoms with Gasteiger partial charge in [0.05, 0.1) is 12.8 Å². The Bertz CT molecular complexity index is 993.